The molecule has 1 aromatic rings. The zero-order valence-electron chi connectivity index (χ0n) is 19.2. The molecule has 0 unspecified atom stereocenters. The normalized spacial score (nSPS) is 23.5. The van der Waals surface area contributed by atoms with Gasteiger partial charge < -0.3 is 9.47 Å². The number of nitrogens with zero attached hydrogens (tertiary/aromatic N) is 2. The van der Waals surface area contributed by atoms with Gasteiger partial charge in [0.2, 0.25) is 0 Å². The number of esters is 2. The van der Waals surface area contributed by atoms with E-state index in [0.29, 0.717) is 30.0 Å². The van der Waals surface area contributed by atoms with Gasteiger partial charge in [0.1, 0.15) is 5.78 Å². The minimum atomic E-state index is -1.89. The molecule has 0 N–H and O–H groups in total. The smallest absolute Gasteiger partial charge is 0.375 e. The molecule has 3 aliphatic heterocycles. The van der Waals surface area contributed by atoms with Gasteiger partial charge in [-0.3, -0.25) is 19.4 Å². The zero-order valence-corrected chi connectivity index (χ0v) is 19.2. The fourth-order valence-electron chi connectivity index (χ4n) is 5.65. The first kappa shape index (κ1) is 22.8. The van der Waals surface area contributed by atoms with Crippen LogP contribution in [0.3, 0.4) is 0 Å². The highest BCUT2D eigenvalue weighted by Crippen LogP contribution is 2.43. The van der Waals surface area contributed by atoms with E-state index in [0.717, 1.165) is 63.8 Å². The molecule has 8 nitrogen and oxygen atoms in total. The molecule has 0 radical (unpaired) electrons. The maximum Gasteiger partial charge on any atom is 0.375 e. The Hall–Kier alpha value is -3.00. The number of carbonyl (C=O) groups is 4. The minimum Gasteiger partial charge on any atom is -0.396 e. The summed E-state index contributed by atoms with van der Waals surface area (Å²) in [6, 6.07) is 6.75. The summed E-state index contributed by atoms with van der Waals surface area (Å²) in [5, 5.41) is 0. The Morgan fingerprint density at radius 1 is 0.912 bits per heavy atom. The first-order valence-electron chi connectivity index (χ1n) is 12.3. The molecule has 5 rings (SSSR count). The first-order chi connectivity index (χ1) is 16.5. The lowest BCUT2D eigenvalue weighted by molar-refractivity contribution is -0.274. The maximum absolute atomic E-state index is 13.3. The highest BCUT2D eigenvalue weighted by Gasteiger charge is 2.57. The quantitative estimate of drug-likeness (QED) is 0.616. The summed E-state index contributed by atoms with van der Waals surface area (Å²) in [4.78, 5) is 54.2. The van der Waals surface area contributed by atoms with Gasteiger partial charge in [0.05, 0.1) is 17.7 Å². The standard InChI is InChI=1S/C26H30N2O6/c29-22(19-6-2-1-3-7-19)17-27-14-12-18(13-15-27)16-28-25(32)20-8-4-5-9-21(20)26(28)33-23(30)10-11-24(31)34-26/h4-5,8-11,18-19H,1-3,6-7,12-17H2. The van der Waals surface area contributed by atoms with Crippen LogP contribution in [0.1, 0.15) is 60.9 Å². The summed E-state index contributed by atoms with van der Waals surface area (Å²) in [6.45, 7) is 2.33. The Labute approximate surface area is 198 Å². The van der Waals surface area contributed by atoms with Crippen molar-refractivity contribution >= 4 is 23.6 Å². The second-order valence-electron chi connectivity index (χ2n) is 9.74. The summed E-state index contributed by atoms with van der Waals surface area (Å²) in [5.74, 6) is -3.00. The molecular weight excluding hydrogens is 436 g/mol. The third kappa shape index (κ3) is 4.27. The van der Waals surface area contributed by atoms with Crippen LogP contribution >= 0.6 is 0 Å². The highest BCUT2D eigenvalue weighted by molar-refractivity contribution is 6.01. The van der Waals surface area contributed by atoms with Gasteiger partial charge in [-0.1, -0.05) is 31.4 Å². The van der Waals surface area contributed by atoms with Crippen LogP contribution in [0.15, 0.2) is 36.4 Å². The van der Waals surface area contributed by atoms with E-state index in [1.54, 1.807) is 24.3 Å². The van der Waals surface area contributed by atoms with Crippen LogP contribution in [-0.4, -0.2) is 59.6 Å². The van der Waals surface area contributed by atoms with E-state index in [-0.39, 0.29) is 17.7 Å². The van der Waals surface area contributed by atoms with Gasteiger partial charge in [0, 0.05) is 24.6 Å². The van der Waals surface area contributed by atoms with Crippen molar-refractivity contribution in [1.29, 1.82) is 0 Å². The van der Waals surface area contributed by atoms with Crippen molar-refractivity contribution in [3.63, 3.8) is 0 Å². The van der Waals surface area contributed by atoms with Crippen LogP contribution in [-0.2, 0) is 29.8 Å². The summed E-state index contributed by atoms with van der Waals surface area (Å²) in [6.07, 6.45) is 9.20. The molecule has 0 bridgehead atoms. The molecule has 1 aromatic carbocycles. The average Bonchev–Trinajstić information content (AvgIpc) is 2.96. The van der Waals surface area contributed by atoms with Crippen LogP contribution in [0.4, 0.5) is 0 Å². The van der Waals surface area contributed by atoms with E-state index in [2.05, 4.69) is 4.90 Å². The summed E-state index contributed by atoms with van der Waals surface area (Å²) >= 11 is 0. The van der Waals surface area contributed by atoms with Gasteiger partial charge in [-0.25, -0.2) is 9.59 Å². The Morgan fingerprint density at radius 2 is 1.56 bits per heavy atom. The molecule has 8 heteroatoms. The van der Waals surface area contributed by atoms with Gasteiger partial charge in [-0.05, 0) is 56.8 Å². The molecule has 1 amide bonds. The van der Waals surface area contributed by atoms with Crippen molar-refractivity contribution in [2.45, 2.75) is 50.9 Å². The molecule has 4 aliphatic rings. The average molecular weight is 467 g/mol. The van der Waals surface area contributed by atoms with Crippen LogP contribution in [0, 0.1) is 11.8 Å². The third-order valence-corrected chi connectivity index (χ3v) is 7.52. The number of amides is 1. The Bertz CT molecular complexity index is 1000. The fraction of sp³-hybridized carbons (Fsp3) is 0.538. The molecule has 1 saturated heterocycles. The molecule has 3 heterocycles. The van der Waals surface area contributed by atoms with Crippen LogP contribution < -0.4 is 0 Å². The van der Waals surface area contributed by atoms with Gasteiger partial charge in [0.25, 0.3) is 5.91 Å². The van der Waals surface area contributed by atoms with E-state index in [1.807, 2.05) is 0 Å². The van der Waals surface area contributed by atoms with Gasteiger partial charge in [-0.15, -0.1) is 0 Å². The first-order valence-corrected chi connectivity index (χ1v) is 12.3. The second kappa shape index (κ2) is 9.33. The predicted molar refractivity (Wildman–Crippen MR) is 121 cm³/mol. The third-order valence-electron chi connectivity index (χ3n) is 7.52. The molecule has 1 spiro atoms. The van der Waals surface area contributed by atoms with E-state index in [4.69, 9.17) is 9.47 Å². The number of hydrogen-bond donors (Lipinski definition) is 0. The lowest BCUT2D eigenvalue weighted by atomic mass is 9.85. The van der Waals surface area contributed by atoms with E-state index in [9.17, 15) is 19.2 Å². The Kier molecular flexibility index (Phi) is 6.25. The van der Waals surface area contributed by atoms with Crippen LogP contribution in [0.5, 0.6) is 0 Å². The monoisotopic (exact) mass is 466 g/mol. The Morgan fingerprint density at radius 3 is 2.24 bits per heavy atom. The predicted octanol–water partition coefficient (Wildman–Crippen LogP) is 2.77. The number of rotatable bonds is 5. The number of hydrogen-bond acceptors (Lipinski definition) is 7. The highest BCUT2D eigenvalue weighted by atomic mass is 16.8. The summed E-state index contributed by atoms with van der Waals surface area (Å²) in [5.41, 5.74) is 0.724. The molecule has 0 aromatic heterocycles. The lowest BCUT2D eigenvalue weighted by Crippen LogP contribution is -2.52. The van der Waals surface area contributed by atoms with Crippen molar-refractivity contribution in [3.05, 3.63) is 47.5 Å². The minimum absolute atomic E-state index is 0.129. The SMILES string of the molecule is O=C1C=CC(=O)OC2(O1)c1ccccc1C(=O)N2CC1CCN(CC(=O)C2CCCCC2)CC1. The summed E-state index contributed by atoms with van der Waals surface area (Å²) in [7, 11) is 0. The molecule has 0 atom stereocenters. The van der Waals surface area contributed by atoms with Crippen molar-refractivity contribution < 1.29 is 28.7 Å². The van der Waals surface area contributed by atoms with Gasteiger partial charge in [0.15, 0.2) is 0 Å². The van der Waals surface area contributed by atoms with E-state index >= 15 is 0 Å². The van der Waals surface area contributed by atoms with Crippen molar-refractivity contribution in [3.8, 4) is 0 Å². The number of ether oxygens (including phenoxy) is 2. The van der Waals surface area contributed by atoms with Gasteiger partial charge in [-0.2, -0.15) is 0 Å². The molecular formula is C26H30N2O6. The fourth-order valence-corrected chi connectivity index (χ4v) is 5.65. The molecule has 34 heavy (non-hydrogen) atoms. The zero-order chi connectivity index (χ0) is 23.7. The Balaban J connectivity index is 1.27. The number of likely N-dealkylation sites (tertiary alicyclic amines) is 1. The topological polar surface area (TPSA) is 93.2 Å². The number of fused-ring (bicyclic) bond motifs is 2. The number of carbonyl (C=O) groups excluding carboxylic acids is 4. The lowest BCUT2D eigenvalue weighted by Gasteiger charge is -2.39. The number of ketones is 1. The number of benzene rings is 1. The number of Topliss-reactive ketones (excluding diaryl/α,β-unsaturated/α-hetero) is 1. The number of piperidine rings is 1. The van der Waals surface area contributed by atoms with Gasteiger partial charge >= 0.3 is 17.8 Å². The largest absolute Gasteiger partial charge is 0.396 e. The van der Waals surface area contributed by atoms with Crippen molar-refractivity contribution in [1.82, 2.24) is 9.80 Å². The van der Waals surface area contributed by atoms with E-state index < -0.39 is 17.8 Å². The maximum atomic E-state index is 13.3. The second-order valence-corrected chi connectivity index (χ2v) is 9.74. The molecule has 2 fully saturated rings. The van der Waals surface area contributed by atoms with Crippen LogP contribution in [0.2, 0.25) is 0 Å². The van der Waals surface area contributed by atoms with E-state index in [1.165, 1.54) is 11.3 Å². The van der Waals surface area contributed by atoms with Crippen molar-refractivity contribution in [2.24, 2.45) is 11.8 Å². The molecule has 180 valence electrons. The van der Waals surface area contributed by atoms with Crippen molar-refractivity contribution in [2.75, 3.05) is 26.2 Å². The molecule has 1 aliphatic carbocycles. The summed E-state index contributed by atoms with van der Waals surface area (Å²) < 4.78 is 11.2. The van der Waals surface area contributed by atoms with Crippen LogP contribution in [0.25, 0.3) is 0 Å². The molecule has 1 saturated carbocycles.